The number of fused-ring (bicyclic) bond motifs is 1. The summed E-state index contributed by atoms with van der Waals surface area (Å²) in [7, 11) is 0. The Morgan fingerprint density at radius 1 is 1.00 bits per heavy atom. The molecule has 0 aliphatic carbocycles. The van der Waals surface area contributed by atoms with Crippen molar-refractivity contribution in [2.45, 2.75) is 17.9 Å². The molecule has 0 N–H and O–H groups in total. The van der Waals surface area contributed by atoms with Crippen LogP contribution in [0.25, 0.3) is 0 Å². The van der Waals surface area contributed by atoms with E-state index in [2.05, 4.69) is 23.1 Å². The molecule has 1 atom stereocenters. The summed E-state index contributed by atoms with van der Waals surface area (Å²) in [6.07, 6.45) is -0.269. The predicted molar refractivity (Wildman–Crippen MR) is 119 cm³/mol. The van der Waals surface area contributed by atoms with E-state index in [1.807, 2.05) is 48.2 Å². The second-order valence-electron chi connectivity index (χ2n) is 7.43. The second-order valence-corrected chi connectivity index (χ2v) is 8.49. The molecule has 2 heterocycles. The lowest BCUT2D eigenvalue weighted by Gasteiger charge is -2.39. The summed E-state index contributed by atoms with van der Waals surface area (Å²) in [6, 6.07) is 18.4. The lowest BCUT2D eigenvalue weighted by atomic mass is 10.1. The molecular weight excluding hydrogens is 398 g/mol. The van der Waals surface area contributed by atoms with Gasteiger partial charge in [-0.25, -0.2) is 4.79 Å². The first-order valence-electron chi connectivity index (χ1n) is 10.4. The molecular formula is C23H27N3O3S. The van der Waals surface area contributed by atoms with Crippen LogP contribution in [-0.4, -0.2) is 66.9 Å². The topological polar surface area (TPSA) is 53.1 Å². The van der Waals surface area contributed by atoms with Gasteiger partial charge in [-0.3, -0.25) is 9.69 Å². The Morgan fingerprint density at radius 3 is 2.43 bits per heavy atom. The van der Waals surface area contributed by atoms with E-state index in [4.69, 9.17) is 4.74 Å². The van der Waals surface area contributed by atoms with Crippen molar-refractivity contribution in [3.63, 3.8) is 0 Å². The van der Waals surface area contributed by atoms with Crippen LogP contribution >= 0.6 is 11.8 Å². The number of carbonyl (C=O) groups excluding carboxylic acids is 2. The van der Waals surface area contributed by atoms with Crippen molar-refractivity contribution in [3.8, 4) is 0 Å². The fourth-order valence-corrected chi connectivity index (χ4v) is 5.16. The molecule has 2 amide bonds. The molecule has 0 unspecified atom stereocenters. The first-order chi connectivity index (χ1) is 14.7. The van der Waals surface area contributed by atoms with Gasteiger partial charge in [-0.1, -0.05) is 42.5 Å². The van der Waals surface area contributed by atoms with Crippen molar-refractivity contribution in [1.29, 1.82) is 0 Å². The molecule has 7 heteroatoms. The van der Waals surface area contributed by atoms with Gasteiger partial charge >= 0.3 is 6.09 Å². The number of rotatable bonds is 4. The van der Waals surface area contributed by atoms with E-state index in [1.54, 1.807) is 16.7 Å². The number of anilines is 1. The van der Waals surface area contributed by atoms with E-state index in [0.29, 0.717) is 39.3 Å². The maximum absolute atomic E-state index is 13.5. The van der Waals surface area contributed by atoms with Crippen molar-refractivity contribution in [2.75, 3.05) is 50.0 Å². The van der Waals surface area contributed by atoms with Crippen molar-refractivity contribution in [3.05, 3.63) is 60.2 Å². The van der Waals surface area contributed by atoms with Gasteiger partial charge in [-0.05, 0) is 24.6 Å². The highest BCUT2D eigenvalue weighted by Gasteiger charge is 2.33. The van der Waals surface area contributed by atoms with Crippen molar-refractivity contribution >= 4 is 29.4 Å². The number of hydrogen-bond donors (Lipinski definition) is 0. The van der Waals surface area contributed by atoms with Crippen LogP contribution in [0.3, 0.4) is 0 Å². The normalized spacial score (nSPS) is 19.3. The Kier molecular flexibility index (Phi) is 6.59. The van der Waals surface area contributed by atoms with E-state index in [-0.39, 0.29) is 18.0 Å². The Balaban J connectivity index is 1.49. The highest BCUT2D eigenvalue weighted by molar-refractivity contribution is 7.99. The summed E-state index contributed by atoms with van der Waals surface area (Å²) >= 11 is 1.80. The van der Waals surface area contributed by atoms with Crippen LogP contribution in [0.1, 0.15) is 18.5 Å². The van der Waals surface area contributed by atoms with Crippen LogP contribution in [0.5, 0.6) is 0 Å². The molecule has 0 saturated carbocycles. The lowest BCUT2D eigenvalue weighted by molar-refractivity contribution is -0.120. The summed E-state index contributed by atoms with van der Waals surface area (Å²) in [6.45, 7) is 5.05. The largest absolute Gasteiger partial charge is 0.450 e. The fourth-order valence-electron chi connectivity index (χ4n) is 3.99. The third kappa shape index (κ3) is 4.47. The van der Waals surface area contributed by atoms with Gasteiger partial charge in [0, 0.05) is 36.8 Å². The molecule has 2 aliphatic heterocycles. The highest BCUT2D eigenvalue weighted by atomic mass is 32.2. The zero-order valence-corrected chi connectivity index (χ0v) is 18.0. The number of piperazine rings is 1. The zero-order valence-electron chi connectivity index (χ0n) is 17.2. The van der Waals surface area contributed by atoms with Gasteiger partial charge in [0.1, 0.15) is 0 Å². The van der Waals surface area contributed by atoms with Crippen LogP contribution in [0.4, 0.5) is 10.5 Å². The van der Waals surface area contributed by atoms with E-state index in [1.165, 1.54) is 0 Å². The molecule has 1 saturated heterocycles. The Labute approximate surface area is 181 Å². The predicted octanol–water partition coefficient (Wildman–Crippen LogP) is 3.64. The number of carbonyl (C=O) groups is 2. The number of benzene rings is 2. The highest BCUT2D eigenvalue weighted by Crippen LogP contribution is 2.43. The zero-order chi connectivity index (χ0) is 20.9. The minimum Gasteiger partial charge on any atom is -0.450 e. The molecule has 4 rings (SSSR count). The van der Waals surface area contributed by atoms with E-state index in [9.17, 15) is 9.59 Å². The Bertz CT molecular complexity index is 884. The minimum atomic E-state index is -0.269. The van der Waals surface area contributed by atoms with Gasteiger partial charge in [-0.2, -0.15) is 0 Å². The molecule has 2 aliphatic rings. The molecule has 6 nitrogen and oxygen atoms in total. The summed E-state index contributed by atoms with van der Waals surface area (Å²) < 4.78 is 5.09. The quantitative estimate of drug-likeness (QED) is 0.749. The molecule has 158 valence electrons. The van der Waals surface area contributed by atoms with Gasteiger partial charge in [0.15, 0.2) is 0 Å². The van der Waals surface area contributed by atoms with Gasteiger partial charge in [0.2, 0.25) is 5.91 Å². The molecule has 2 aromatic rings. The van der Waals surface area contributed by atoms with Crippen LogP contribution in [-0.2, 0) is 9.53 Å². The average molecular weight is 426 g/mol. The third-order valence-electron chi connectivity index (χ3n) is 5.54. The van der Waals surface area contributed by atoms with Gasteiger partial charge in [0.25, 0.3) is 0 Å². The number of amides is 2. The van der Waals surface area contributed by atoms with Crippen molar-refractivity contribution < 1.29 is 14.3 Å². The van der Waals surface area contributed by atoms with Crippen LogP contribution in [0.2, 0.25) is 0 Å². The van der Waals surface area contributed by atoms with Gasteiger partial charge in [-0.15, -0.1) is 11.8 Å². The van der Waals surface area contributed by atoms with Crippen LogP contribution in [0.15, 0.2) is 59.5 Å². The third-order valence-corrected chi connectivity index (χ3v) is 6.68. The average Bonchev–Trinajstić information content (AvgIpc) is 2.79. The number of nitrogens with zero attached hydrogens (tertiary/aromatic N) is 3. The smallest absolute Gasteiger partial charge is 0.409 e. The summed E-state index contributed by atoms with van der Waals surface area (Å²) in [5.74, 6) is 0.935. The molecule has 1 fully saturated rings. The van der Waals surface area contributed by atoms with E-state index < -0.39 is 0 Å². The monoisotopic (exact) mass is 425 g/mol. The summed E-state index contributed by atoms with van der Waals surface area (Å²) in [5, 5.41) is 0. The van der Waals surface area contributed by atoms with Crippen molar-refractivity contribution in [2.24, 2.45) is 0 Å². The number of ether oxygens (including phenoxy) is 1. The SMILES string of the molecule is CCOC(=O)N1CCN(CC(=O)N2c3ccccc3SC[C@H]2c2ccccc2)CC1. The summed E-state index contributed by atoms with van der Waals surface area (Å²) in [4.78, 5) is 32.4. The molecule has 2 aromatic carbocycles. The van der Waals surface area contributed by atoms with Crippen LogP contribution in [0, 0.1) is 0 Å². The van der Waals surface area contributed by atoms with E-state index >= 15 is 0 Å². The second kappa shape index (κ2) is 9.53. The van der Waals surface area contributed by atoms with Crippen LogP contribution < -0.4 is 4.90 Å². The first-order valence-corrected chi connectivity index (χ1v) is 11.4. The van der Waals surface area contributed by atoms with Crippen molar-refractivity contribution in [1.82, 2.24) is 9.80 Å². The Hall–Kier alpha value is -2.51. The number of para-hydroxylation sites is 1. The standard InChI is InChI=1S/C23H27N3O3S/c1-2-29-23(28)25-14-12-24(13-15-25)16-22(27)26-19-10-6-7-11-21(19)30-17-20(26)18-8-4-3-5-9-18/h3-11,20H,2,12-17H2,1H3/t20-/m0/s1. The van der Waals surface area contributed by atoms with Gasteiger partial charge < -0.3 is 14.5 Å². The summed E-state index contributed by atoms with van der Waals surface area (Å²) in [5.41, 5.74) is 2.14. The molecule has 0 bridgehead atoms. The molecule has 0 spiro atoms. The Morgan fingerprint density at radius 2 is 1.70 bits per heavy atom. The maximum Gasteiger partial charge on any atom is 0.409 e. The molecule has 0 aromatic heterocycles. The van der Waals surface area contributed by atoms with E-state index in [0.717, 1.165) is 21.9 Å². The number of thioether (sulfide) groups is 1. The fraction of sp³-hybridized carbons (Fsp3) is 0.391. The first kappa shape index (κ1) is 20.8. The minimum absolute atomic E-state index is 0.0134. The molecule has 30 heavy (non-hydrogen) atoms. The molecule has 0 radical (unpaired) electrons. The lowest BCUT2D eigenvalue weighted by Crippen LogP contribution is -2.52. The number of hydrogen-bond acceptors (Lipinski definition) is 5. The van der Waals surface area contributed by atoms with Gasteiger partial charge in [0.05, 0.1) is 24.9 Å². The maximum atomic E-state index is 13.5.